The van der Waals surface area contributed by atoms with Crippen LogP contribution in [0.2, 0.25) is 0 Å². The normalized spacial score (nSPS) is 11.1. The van der Waals surface area contributed by atoms with Gasteiger partial charge in [0.1, 0.15) is 5.78 Å². The van der Waals surface area contributed by atoms with Gasteiger partial charge in [-0.3, -0.25) is 4.79 Å². The summed E-state index contributed by atoms with van der Waals surface area (Å²) in [5, 5.41) is 8.74. The van der Waals surface area contributed by atoms with E-state index >= 15 is 0 Å². The number of carboxylic acids is 1. The SMILES string of the molecule is C=CCCC(=O)C/C(=C\CC)C(=O)O. The molecule has 0 rings (SSSR count). The van der Waals surface area contributed by atoms with E-state index in [2.05, 4.69) is 6.58 Å². The fourth-order valence-corrected chi connectivity index (χ4v) is 1.05. The van der Waals surface area contributed by atoms with Crippen LogP contribution < -0.4 is 0 Å². The molecule has 0 spiro atoms. The Morgan fingerprint density at radius 2 is 2.07 bits per heavy atom. The molecule has 0 amide bonds. The van der Waals surface area contributed by atoms with Gasteiger partial charge in [-0.15, -0.1) is 6.58 Å². The molecule has 0 aliphatic heterocycles. The summed E-state index contributed by atoms with van der Waals surface area (Å²) in [6.07, 6.45) is 4.87. The van der Waals surface area contributed by atoms with E-state index in [4.69, 9.17) is 5.11 Å². The van der Waals surface area contributed by atoms with Gasteiger partial charge in [0.25, 0.3) is 0 Å². The van der Waals surface area contributed by atoms with E-state index in [0.717, 1.165) is 0 Å². The first kappa shape index (κ1) is 12.6. The van der Waals surface area contributed by atoms with Gasteiger partial charge in [-0.1, -0.05) is 19.1 Å². The van der Waals surface area contributed by atoms with Crippen molar-refractivity contribution in [3.05, 3.63) is 24.3 Å². The number of carbonyl (C=O) groups is 2. The lowest BCUT2D eigenvalue weighted by Gasteiger charge is -2.00. The molecule has 78 valence electrons. The molecule has 0 aromatic rings. The zero-order valence-corrected chi connectivity index (χ0v) is 8.45. The predicted octanol–water partition coefficient (Wildman–Crippen LogP) is 2.33. The van der Waals surface area contributed by atoms with Crippen LogP contribution in [0.5, 0.6) is 0 Å². The fourth-order valence-electron chi connectivity index (χ4n) is 1.05. The van der Waals surface area contributed by atoms with E-state index < -0.39 is 5.97 Å². The minimum Gasteiger partial charge on any atom is -0.478 e. The number of ketones is 1. The van der Waals surface area contributed by atoms with E-state index in [9.17, 15) is 9.59 Å². The molecular weight excluding hydrogens is 180 g/mol. The summed E-state index contributed by atoms with van der Waals surface area (Å²) in [6.45, 7) is 5.34. The van der Waals surface area contributed by atoms with Crippen molar-refractivity contribution < 1.29 is 14.7 Å². The molecule has 0 radical (unpaired) electrons. The van der Waals surface area contributed by atoms with E-state index in [1.165, 1.54) is 0 Å². The zero-order valence-electron chi connectivity index (χ0n) is 8.45. The molecule has 0 aliphatic rings. The van der Waals surface area contributed by atoms with E-state index in [1.54, 1.807) is 12.2 Å². The minimum atomic E-state index is -1.00. The Kier molecular flexibility index (Phi) is 6.37. The highest BCUT2D eigenvalue weighted by molar-refractivity contribution is 5.94. The predicted molar refractivity (Wildman–Crippen MR) is 55.1 cm³/mol. The summed E-state index contributed by atoms with van der Waals surface area (Å²) in [5.41, 5.74) is 0.196. The van der Waals surface area contributed by atoms with Crippen LogP contribution in [0.25, 0.3) is 0 Å². The third-order valence-corrected chi connectivity index (χ3v) is 1.74. The summed E-state index contributed by atoms with van der Waals surface area (Å²) in [7, 11) is 0. The lowest BCUT2D eigenvalue weighted by molar-refractivity contribution is -0.133. The molecule has 3 nitrogen and oxygen atoms in total. The van der Waals surface area contributed by atoms with Gasteiger partial charge in [0.2, 0.25) is 0 Å². The first-order chi connectivity index (χ1) is 6.61. The molecule has 0 atom stereocenters. The van der Waals surface area contributed by atoms with Crippen LogP contribution in [0.15, 0.2) is 24.3 Å². The van der Waals surface area contributed by atoms with Crippen molar-refractivity contribution in [3.63, 3.8) is 0 Å². The summed E-state index contributed by atoms with van der Waals surface area (Å²) < 4.78 is 0. The fraction of sp³-hybridized carbons (Fsp3) is 0.455. The van der Waals surface area contributed by atoms with Crippen molar-refractivity contribution in [1.82, 2.24) is 0 Å². The van der Waals surface area contributed by atoms with Crippen molar-refractivity contribution in [1.29, 1.82) is 0 Å². The second-order valence-electron chi connectivity index (χ2n) is 2.99. The molecule has 3 heteroatoms. The first-order valence-corrected chi connectivity index (χ1v) is 4.66. The van der Waals surface area contributed by atoms with E-state index in [1.807, 2.05) is 6.92 Å². The molecule has 0 fully saturated rings. The average Bonchev–Trinajstić information content (AvgIpc) is 2.14. The zero-order chi connectivity index (χ0) is 11.0. The van der Waals surface area contributed by atoms with Gasteiger partial charge < -0.3 is 5.11 Å². The van der Waals surface area contributed by atoms with Crippen LogP contribution >= 0.6 is 0 Å². The van der Waals surface area contributed by atoms with Crippen LogP contribution in [0.1, 0.15) is 32.6 Å². The molecule has 0 heterocycles. The minimum absolute atomic E-state index is 0.0248. The van der Waals surface area contributed by atoms with Crippen molar-refractivity contribution in [2.24, 2.45) is 0 Å². The van der Waals surface area contributed by atoms with Crippen LogP contribution in [-0.4, -0.2) is 16.9 Å². The quantitative estimate of drug-likeness (QED) is 0.502. The van der Waals surface area contributed by atoms with Crippen molar-refractivity contribution >= 4 is 11.8 Å². The maximum absolute atomic E-state index is 11.2. The molecule has 0 aliphatic carbocycles. The molecule has 0 saturated carbocycles. The number of rotatable bonds is 7. The second kappa shape index (κ2) is 7.06. The molecule has 14 heavy (non-hydrogen) atoms. The van der Waals surface area contributed by atoms with Crippen LogP contribution in [0, 0.1) is 0 Å². The molecule has 0 unspecified atom stereocenters. The van der Waals surface area contributed by atoms with Crippen LogP contribution in [0.4, 0.5) is 0 Å². The summed E-state index contributed by atoms with van der Waals surface area (Å²) in [4.78, 5) is 21.9. The van der Waals surface area contributed by atoms with Gasteiger partial charge in [-0.05, 0) is 12.8 Å². The Morgan fingerprint density at radius 1 is 1.43 bits per heavy atom. The number of carboxylic acid groups (broad SMARTS) is 1. The average molecular weight is 196 g/mol. The third kappa shape index (κ3) is 5.30. The maximum atomic E-state index is 11.2. The van der Waals surface area contributed by atoms with Crippen molar-refractivity contribution in [3.8, 4) is 0 Å². The molecule has 0 aromatic carbocycles. The maximum Gasteiger partial charge on any atom is 0.331 e. The van der Waals surface area contributed by atoms with E-state index in [0.29, 0.717) is 19.3 Å². The summed E-state index contributed by atoms with van der Waals surface area (Å²) >= 11 is 0. The molecule has 1 N–H and O–H groups in total. The highest BCUT2D eigenvalue weighted by Gasteiger charge is 2.11. The second-order valence-corrected chi connectivity index (χ2v) is 2.99. The Hall–Kier alpha value is -1.38. The highest BCUT2D eigenvalue weighted by atomic mass is 16.4. The highest BCUT2D eigenvalue weighted by Crippen LogP contribution is 2.07. The van der Waals surface area contributed by atoms with Gasteiger partial charge in [0, 0.05) is 18.4 Å². The number of hydrogen-bond acceptors (Lipinski definition) is 2. The monoisotopic (exact) mass is 196 g/mol. The van der Waals surface area contributed by atoms with Gasteiger partial charge >= 0.3 is 5.97 Å². The third-order valence-electron chi connectivity index (χ3n) is 1.74. The van der Waals surface area contributed by atoms with Crippen LogP contribution in [-0.2, 0) is 9.59 Å². The number of carbonyl (C=O) groups excluding carboxylic acids is 1. The van der Waals surface area contributed by atoms with Gasteiger partial charge in [0.15, 0.2) is 0 Å². The largest absolute Gasteiger partial charge is 0.478 e. The first-order valence-electron chi connectivity index (χ1n) is 4.66. The van der Waals surface area contributed by atoms with Gasteiger partial charge in [-0.25, -0.2) is 4.79 Å². The lowest BCUT2D eigenvalue weighted by Crippen LogP contribution is -2.07. The smallest absolute Gasteiger partial charge is 0.331 e. The number of hydrogen-bond donors (Lipinski definition) is 1. The molecule has 0 bridgehead atoms. The van der Waals surface area contributed by atoms with Gasteiger partial charge in [-0.2, -0.15) is 0 Å². The molecule has 0 saturated heterocycles. The standard InChI is InChI=1S/C11H16O3/c1-3-5-7-10(12)8-9(6-4-2)11(13)14/h3,6H,1,4-5,7-8H2,2H3,(H,13,14)/b9-6+. The number of allylic oxidation sites excluding steroid dienone is 2. The summed E-state index contributed by atoms with van der Waals surface area (Å²) in [5.74, 6) is -1.05. The topological polar surface area (TPSA) is 54.4 Å². The van der Waals surface area contributed by atoms with Crippen LogP contribution in [0.3, 0.4) is 0 Å². The Morgan fingerprint density at radius 3 is 2.50 bits per heavy atom. The lowest BCUT2D eigenvalue weighted by atomic mass is 10.1. The van der Waals surface area contributed by atoms with Crippen molar-refractivity contribution in [2.75, 3.05) is 0 Å². The number of aliphatic carboxylic acids is 1. The number of Topliss-reactive ketones (excluding diaryl/α,β-unsaturated/α-hetero) is 1. The van der Waals surface area contributed by atoms with E-state index in [-0.39, 0.29) is 17.8 Å². The Bertz CT molecular complexity index is 251. The van der Waals surface area contributed by atoms with Gasteiger partial charge in [0.05, 0.1) is 0 Å². The Labute approximate surface area is 84.1 Å². The van der Waals surface area contributed by atoms with Crippen molar-refractivity contribution in [2.45, 2.75) is 32.6 Å². The molecule has 0 aromatic heterocycles. The molecular formula is C11H16O3. The summed E-state index contributed by atoms with van der Waals surface area (Å²) in [6, 6.07) is 0. The Balaban J connectivity index is 4.17.